The van der Waals surface area contributed by atoms with Gasteiger partial charge in [-0.05, 0) is 18.2 Å². The molecule has 0 aromatic heterocycles. The molecule has 3 rings (SSSR count). The van der Waals surface area contributed by atoms with Gasteiger partial charge in [0.2, 0.25) is 0 Å². The van der Waals surface area contributed by atoms with Crippen LogP contribution in [-0.4, -0.2) is 12.7 Å². The standard InChI is InChI=1S/C10H7NO2/c11-4-6-1-2-8-7(3-6)10-9(13-10)5-12-8/h1-3,9-10H,5H2. The van der Waals surface area contributed by atoms with Crippen molar-refractivity contribution in [3.05, 3.63) is 29.3 Å². The zero-order chi connectivity index (χ0) is 8.84. The average molecular weight is 173 g/mol. The maximum Gasteiger partial charge on any atom is 0.125 e. The molecule has 0 saturated carbocycles. The van der Waals surface area contributed by atoms with Crippen molar-refractivity contribution >= 4 is 0 Å². The van der Waals surface area contributed by atoms with Crippen LogP contribution in [0.2, 0.25) is 0 Å². The molecular weight excluding hydrogens is 166 g/mol. The summed E-state index contributed by atoms with van der Waals surface area (Å²) in [5.74, 6) is 0.859. The quantitative estimate of drug-likeness (QED) is 0.557. The van der Waals surface area contributed by atoms with Crippen molar-refractivity contribution in [1.29, 1.82) is 5.26 Å². The molecule has 2 atom stereocenters. The normalized spacial score (nSPS) is 27.9. The lowest BCUT2D eigenvalue weighted by atomic mass is 10.0. The second kappa shape index (κ2) is 2.24. The van der Waals surface area contributed by atoms with E-state index in [9.17, 15) is 0 Å². The van der Waals surface area contributed by atoms with E-state index in [1.807, 2.05) is 12.1 Å². The fraction of sp³-hybridized carbons (Fsp3) is 0.300. The van der Waals surface area contributed by atoms with Crippen molar-refractivity contribution in [3.8, 4) is 11.8 Å². The molecule has 13 heavy (non-hydrogen) atoms. The lowest BCUT2D eigenvalue weighted by Gasteiger charge is -2.13. The first-order chi connectivity index (χ1) is 6.38. The number of fused-ring (bicyclic) bond motifs is 3. The van der Waals surface area contributed by atoms with Crippen LogP contribution in [-0.2, 0) is 4.74 Å². The van der Waals surface area contributed by atoms with Crippen LogP contribution < -0.4 is 4.74 Å². The van der Waals surface area contributed by atoms with Crippen LogP contribution in [0.3, 0.4) is 0 Å². The van der Waals surface area contributed by atoms with Gasteiger partial charge in [0.15, 0.2) is 0 Å². The summed E-state index contributed by atoms with van der Waals surface area (Å²) >= 11 is 0. The van der Waals surface area contributed by atoms with Crippen molar-refractivity contribution in [2.75, 3.05) is 6.61 Å². The van der Waals surface area contributed by atoms with Gasteiger partial charge in [-0.1, -0.05) is 0 Å². The molecule has 0 amide bonds. The number of nitrogens with zero attached hydrogens (tertiary/aromatic N) is 1. The molecule has 2 unspecified atom stereocenters. The summed E-state index contributed by atoms with van der Waals surface area (Å²) in [6.45, 7) is 0.642. The molecule has 1 aromatic rings. The number of hydrogen-bond donors (Lipinski definition) is 0. The third kappa shape index (κ3) is 0.927. The fourth-order valence-electron chi connectivity index (χ4n) is 1.69. The van der Waals surface area contributed by atoms with E-state index >= 15 is 0 Å². The van der Waals surface area contributed by atoms with Gasteiger partial charge < -0.3 is 9.47 Å². The summed E-state index contributed by atoms with van der Waals surface area (Å²) in [4.78, 5) is 0. The van der Waals surface area contributed by atoms with E-state index in [-0.39, 0.29) is 12.2 Å². The van der Waals surface area contributed by atoms with E-state index < -0.39 is 0 Å². The molecule has 0 aliphatic carbocycles. The Morgan fingerprint density at radius 1 is 1.46 bits per heavy atom. The SMILES string of the molecule is N#Cc1ccc2c(c1)C1OC1CO2. The number of epoxide rings is 1. The number of hydrogen-bond acceptors (Lipinski definition) is 3. The minimum Gasteiger partial charge on any atom is -0.490 e. The summed E-state index contributed by atoms with van der Waals surface area (Å²) in [7, 11) is 0. The van der Waals surface area contributed by atoms with Crippen LogP contribution >= 0.6 is 0 Å². The molecule has 3 nitrogen and oxygen atoms in total. The minimum atomic E-state index is 0.178. The summed E-state index contributed by atoms with van der Waals surface area (Å²) in [6, 6.07) is 7.56. The van der Waals surface area contributed by atoms with E-state index in [4.69, 9.17) is 14.7 Å². The van der Waals surface area contributed by atoms with E-state index in [1.54, 1.807) is 6.07 Å². The largest absolute Gasteiger partial charge is 0.490 e. The second-order valence-corrected chi connectivity index (χ2v) is 3.27. The molecule has 0 N–H and O–H groups in total. The van der Waals surface area contributed by atoms with E-state index in [0.717, 1.165) is 11.3 Å². The lowest BCUT2D eigenvalue weighted by molar-refractivity contribution is 0.267. The number of rotatable bonds is 0. The third-order valence-electron chi connectivity index (χ3n) is 2.43. The average Bonchev–Trinajstić information content (AvgIpc) is 2.96. The molecule has 2 heterocycles. The van der Waals surface area contributed by atoms with Gasteiger partial charge in [0.05, 0.1) is 11.6 Å². The first-order valence-corrected chi connectivity index (χ1v) is 4.21. The van der Waals surface area contributed by atoms with Crippen molar-refractivity contribution in [2.24, 2.45) is 0 Å². The van der Waals surface area contributed by atoms with Gasteiger partial charge in [-0.2, -0.15) is 5.26 Å². The highest BCUT2D eigenvalue weighted by atomic mass is 16.6. The second-order valence-electron chi connectivity index (χ2n) is 3.27. The van der Waals surface area contributed by atoms with Crippen molar-refractivity contribution in [1.82, 2.24) is 0 Å². The van der Waals surface area contributed by atoms with Crippen molar-refractivity contribution in [2.45, 2.75) is 12.2 Å². The monoisotopic (exact) mass is 173 g/mol. The van der Waals surface area contributed by atoms with Gasteiger partial charge in [0.1, 0.15) is 24.6 Å². The summed E-state index contributed by atoms with van der Waals surface area (Å²) in [6.07, 6.45) is 0.401. The number of benzene rings is 1. The van der Waals surface area contributed by atoms with Gasteiger partial charge in [0.25, 0.3) is 0 Å². The highest BCUT2D eigenvalue weighted by Crippen LogP contribution is 2.46. The number of nitriles is 1. The topological polar surface area (TPSA) is 45.5 Å². The Hall–Kier alpha value is -1.53. The molecule has 64 valence electrons. The molecule has 2 aliphatic heterocycles. The Balaban J connectivity index is 2.12. The van der Waals surface area contributed by atoms with Crippen LogP contribution in [0.5, 0.6) is 5.75 Å². The molecule has 0 radical (unpaired) electrons. The Labute approximate surface area is 75.5 Å². The van der Waals surface area contributed by atoms with Crippen LogP contribution in [0.15, 0.2) is 18.2 Å². The first kappa shape index (κ1) is 6.93. The Morgan fingerprint density at radius 3 is 3.23 bits per heavy atom. The predicted molar refractivity (Wildman–Crippen MR) is 44.3 cm³/mol. The molecule has 1 aromatic carbocycles. The van der Waals surface area contributed by atoms with Gasteiger partial charge in [0, 0.05) is 5.56 Å². The Kier molecular flexibility index (Phi) is 1.19. The molecule has 0 spiro atoms. The Morgan fingerprint density at radius 2 is 2.38 bits per heavy atom. The van der Waals surface area contributed by atoms with Crippen LogP contribution in [0.1, 0.15) is 17.2 Å². The van der Waals surface area contributed by atoms with Gasteiger partial charge in [-0.3, -0.25) is 0 Å². The van der Waals surface area contributed by atoms with Crippen molar-refractivity contribution in [3.63, 3.8) is 0 Å². The fourth-order valence-corrected chi connectivity index (χ4v) is 1.69. The van der Waals surface area contributed by atoms with Gasteiger partial charge in [-0.25, -0.2) is 0 Å². The van der Waals surface area contributed by atoms with E-state index in [2.05, 4.69) is 6.07 Å². The molecular formula is C10H7NO2. The summed E-state index contributed by atoms with van der Waals surface area (Å²) in [5, 5.41) is 8.71. The maximum atomic E-state index is 8.71. The Bertz CT molecular complexity index is 408. The van der Waals surface area contributed by atoms with Gasteiger partial charge >= 0.3 is 0 Å². The zero-order valence-electron chi connectivity index (χ0n) is 6.86. The molecule has 2 aliphatic rings. The van der Waals surface area contributed by atoms with Crippen LogP contribution in [0.4, 0.5) is 0 Å². The first-order valence-electron chi connectivity index (χ1n) is 4.21. The smallest absolute Gasteiger partial charge is 0.125 e. The van der Waals surface area contributed by atoms with Crippen LogP contribution in [0.25, 0.3) is 0 Å². The lowest BCUT2D eigenvalue weighted by Crippen LogP contribution is -2.11. The van der Waals surface area contributed by atoms with Crippen molar-refractivity contribution < 1.29 is 9.47 Å². The molecule has 1 fully saturated rings. The highest BCUT2D eigenvalue weighted by Gasteiger charge is 2.45. The van der Waals surface area contributed by atoms with E-state index in [0.29, 0.717) is 12.2 Å². The zero-order valence-corrected chi connectivity index (χ0v) is 6.86. The van der Waals surface area contributed by atoms with Crippen LogP contribution in [0, 0.1) is 11.3 Å². The minimum absolute atomic E-state index is 0.178. The van der Waals surface area contributed by atoms with Gasteiger partial charge in [-0.15, -0.1) is 0 Å². The predicted octanol–water partition coefficient (Wildman–Crippen LogP) is 1.39. The summed E-state index contributed by atoms with van der Waals surface area (Å²) < 4.78 is 10.8. The maximum absolute atomic E-state index is 8.71. The van der Waals surface area contributed by atoms with E-state index in [1.165, 1.54) is 0 Å². The molecule has 3 heteroatoms. The summed E-state index contributed by atoms with van der Waals surface area (Å²) in [5.41, 5.74) is 1.69. The third-order valence-corrected chi connectivity index (χ3v) is 2.43. The number of ether oxygens (including phenoxy) is 2. The highest BCUT2D eigenvalue weighted by molar-refractivity contribution is 5.46. The molecule has 1 saturated heterocycles. The molecule has 0 bridgehead atoms.